The molecular formula is C5H5O4-. The molecule has 4 nitrogen and oxygen atoms in total. The molecule has 1 atom stereocenters. The van der Waals surface area contributed by atoms with Crippen molar-refractivity contribution >= 4 is 11.9 Å². The van der Waals surface area contributed by atoms with E-state index < -0.39 is 18.0 Å². The normalized spacial score (nSPS) is 25.8. The molecular weight excluding hydrogens is 124 g/mol. The van der Waals surface area contributed by atoms with E-state index in [1.807, 2.05) is 0 Å². The Morgan fingerprint density at radius 2 is 2.44 bits per heavy atom. The maximum atomic E-state index is 10.2. The summed E-state index contributed by atoms with van der Waals surface area (Å²) in [6, 6.07) is 0. The summed E-state index contributed by atoms with van der Waals surface area (Å²) in [5.41, 5.74) is 0. The summed E-state index contributed by atoms with van der Waals surface area (Å²) in [4.78, 5) is 20.2. The van der Waals surface area contributed by atoms with Crippen LogP contribution in [0.2, 0.25) is 0 Å². The van der Waals surface area contributed by atoms with E-state index in [-0.39, 0.29) is 12.8 Å². The highest BCUT2D eigenvalue weighted by atomic mass is 16.6. The molecule has 0 amide bonds. The van der Waals surface area contributed by atoms with Gasteiger partial charge in [0.25, 0.3) is 0 Å². The predicted molar refractivity (Wildman–Crippen MR) is 24.1 cm³/mol. The molecule has 0 N–H and O–H groups in total. The lowest BCUT2D eigenvalue weighted by atomic mass is 10.2. The SMILES string of the molecule is O=C1CC[C@@H](C(=O)[O-])O1. The van der Waals surface area contributed by atoms with Gasteiger partial charge in [-0.2, -0.15) is 0 Å². The minimum absolute atomic E-state index is 0.193. The van der Waals surface area contributed by atoms with E-state index in [1.165, 1.54) is 0 Å². The van der Waals surface area contributed by atoms with Crippen LogP contribution in [0.15, 0.2) is 0 Å². The zero-order valence-corrected chi connectivity index (χ0v) is 4.62. The molecule has 1 aliphatic heterocycles. The van der Waals surface area contributed by atoms with Gasteiger partial charge in [0, 0.05) is 12.8 Å². The number of carboxylic acid groups (broad SMARTS) is 1. The maximum absolute atomic E-state index is 10.2. The quantitative estimate of drug-likeness (QED) is 0.401. The number of rotatable bonds is 1. The molecule has 0 saturated carbocycles. The third kappa shape index (κ3) is 1.19. The molecule has 50 valence electrons. The Labute approximate surface area is 51.4 Å². The predicted octanol–water partition coefficient (Wildman–Crippen LogP) is -1.56. The Balaban J connectivity index is 2.48. The molecule has 4 heteroatoms. The van der Waals surface area contributed by atoms with Crippen LogP contribution < -0.4 is 5.11 Å². The largest absolute Gasteiger partial charge is 0.546 e. The molecule has 0 aliphatic carbocycles. The molecule has 0 bridgehead atoms. The standard InChI is InChI=1S/C5H6O4/c6-4-2-1-3(9-4)5(7)8/h3H,1-2H2,(H,7,8)/p-1/t3-/m0/s1. The van der Waals surface area contributed by atoms with Gasteiger partial charge in [-0.05, 0) is 0 Å². The number of ether oxygens (including phenoxy) is 1. The van der Waals surface area contributed by atoms with Crippen molar-refractivity contribution in [1.82, 2.24) is 0 Å². The number of carbonyl (C=O) groups is 2. The van der Waals surface area contributed by atoms with E-state index in [9.17, 15) is 14.7 Å². The zero-order valence-electron chi connectivity index (χ0n) is 4.62. The van der Waals surface area contributed by atoms with Gasteiger partial charge in [-0.1, -0.05) is 0 Å². The smallest absolute Gasteiger partial charge is 0.306 e. The summed E-state index contributed by atoms with van der Waals surface area (Å²) >= 11 is 0. The lowest BCUT2D eigenvalue weighted by Gasteiger charge is -2.07. The van der Waals surface area contributed by atoms with Crippen LogP contribution in [0, 0.1) is 0 Å². The Hall–Kier alpha value is -1.06. The Morgan fingerprint density at radius 3 is 2.67 bits per heavy atom. The van der Waals surface area contributed by atoms with Crippen molar-refractivity contribution in [3.8, 4) is 0 Å². The van der Waals surface area contributed by atoms with Crippen LogP contribution in [0.5, 0.6) is 0 Å². The number of esters is 1. The lowest BCUT2D eigenvalue weighted by Crippen LogP contribution is -2.35. The highest BCUT2D eigenvalue weighted by Crippen LogP contribution is 2.11. The van der Waals surface area contributed by atoms with E-state index in [1.54, 1.807) is 0 Å². The molecule has 0 spiro atoms. The Morgan fingerprint density at radius 1 is 1.78 bits per heavy atom. The summed E-state index contributed by atoms with van der Waals surface area (Å²) in [6.07, 6.45) is -0.558. The first kappa shape index (κ1) is 6.07. The number of hydrogen-bond acceptors (Lipinski definition) is 4. The van der Waals surface area contributed by atoms with Crippen LogP contribution in [0.4, 0.5) is 0 Å². The lowest BCUT2D eigenvalue weighted by molar-refractivity contribution is -0.314. The van der Waals surface area contributed by atoms with E-state index in [0.29, 0.717) is 0 Å². The number of aliphatic carboxylic acids is 1. The minimum atomic E-state index is -1.30. The molecule has 1 heterocycles. The molecule has 9 heavy (non-hydrogen) atoms. The van der Waals surface area contributed by atoms with E-state index in [4.69, 9.17) is 0 Å². The molecule has 0 radical (unpaired) electrons. The van der Waals surface area contributed by atoms with Crippen LogP contribution in [0.25, 0.3) is 0 Å². The second-order valence-corrected chi connectivity index (χ2v) is 1.84. The maximum Gasteiger partial charge on any atom is 0.306 e. The van der Waals surface area contributed by atoms with Gasteiger partial charge in [0.15, 0.2) is 0 Å². The second-order valence-electron chi connectivity index (χ2n) is 1.84. The fourth-order valence-corrected chi connectivity index (χ4v) is 0.691. The minimum Gasteiger partial charge on any atom is -0.546 e. The van der Waals surface area contributed by atoms with Gasteiger partial charge in [-0.15, -0.1) is 0 Å². The molecule has 1 aliphatic rings. The molecule has 1 saturated heterocycles. The van der Waals surface area contributed by atoms with Gasteiger partial charge < -0.3 is 14.6 Å². The van der Waals surface area contributed by atoms with E-state index >= 15 is 0 Å². The van der Waals surface area contributed by atoms with Gasteiger partial charge in [0.05, 0.1) is 5.97 Å². The molecule has 0 unspecified atom stereocenters. The summed E-state index contributed by atoms with van der Waals surface area (Å²) < 4.78 is 4.32. The molecule has 1 fully saturated rings. The van der Waals surface area contributed by atoms with Crippen LogP contribution in [-0.4, -0.2) is 18.0 Å². The summed E-state index contributed by atoms with van der Waals surface area (Å²) in [7, 11) is 0. The highest BCUT2D eigenvalue weighted by Gasteiger charge is 2.23. The van der Waals surface area contributed by atoms with Crippen molar-refractivity contribution in [1.29, 1.82) is 0 Å². The zero-order chi connectivity index (χ0) is 6.85. The number of hydrogen-bond donors (Lipinski definition) is 0. The van der Waals surface area contributed by atoms with E-state index in [2.05, 4.69) is 4.74 Å². The summed E-state index contributed by atoms with van der Waals surface area (Å²) in [5, 5.41) is 9.96. The van der Waals surface area contributed by atoms with Crippen molar-refractivity contribution in [3.05, 3.63) is 0 Å². The van der Waals surface area contributed by atoms with Crippen molar-refractivity contribution in [2.45, 2.75) is 18.9 Å². The first-order chi connectivity index (χ1) is 4.20. The third-order valence-electron chi connectivity index (χ3n) is 1.15. The van der Waals surface area contributed by atoms with E-state index in [0.717, 1.165) is 0 Å². The van der Waals surface area contributed by atoms with Crippen molar-refractivity contribution in [3.63, 3.8) is 0 Å². The first-order valence-electron chi connectivity index (χ1n) is 2.60. The topological polar surface area (TPSA) is 66.4 Å². The molecule has 0 aromatic carbocycles. The number of carboxylic acids is 1. The Kier molecular flexibility index (Phi) is 1.38. The fraction of sp³-hybridized carbons (Fsp3) is 0.600. The average molecular weight is 129 g/mol. The third-order valence-corrected chi connectivity index (χ3v) is 1.15. The van der Waals surface area contributed by atoms with Gasteiger partial charge in [-0.25, -0.2) is 0 Å². The van der Waals surface area contributed by atoms with Crippen LogP contribution in [-0.2, 0) is 14.3 Å². The first-order valence-corrected chi connectivity index (χ1v) is 2.60. The average Bonchev–Trinajstić information content (AvgIpc) is 2.14. The molecule has 0 aromatic heterocycles. The van der Waals surface area contributed by atoms with Crippen LogP contribution in [0.1, 0.15) is 12.8 Å². The van der Waals surface area contributed by atoms with Gasteiger partial charge >= 0.3 is 5.97 Å². The van der Waals surface area contributed by atoms with Crippen LogP contribution >= 0.6 is 0 Å². The van der Waals surface area contributed by atoms with Crippen molar-refractivity contribution in [2.24, 2.45) is 0 Å². The second kappa shape index (κ2) is 2.05. The number of cyclic esters (lactones) is 1. The van der Waals surface area contributed by atoms with Crippen molar-refractivity contribution < 1.29 is 19.4 Å². The van der Waals surface area contributed by atoms with Crippen LogP contribution in [0.3, 0.4) is 0 Å². The highest BCUT2D eigenvalue weighted by molar-refractivity contribution is 5.80. The summed E-state index contributed by atoms with van der Waals surface area (Å²) in [5.74, 6) is -1.76. The Bertz CT molecular complexity index is 151. The number of carbonyl (C=O) groups excluding carboxylic acids is 2. The molecule has 0 aromatic rings. The van der Waals surface area contributed by atoms with Gasteiger partial charge in [-0.3, -0.25) is 4.79 Å². The fourth-order valence-electron chi connectivity index (χ4n) is 0.691. The molecule has 1 rings (SSSR count). The van der Waals surface area contributed by atoms with Crippen molar-refractivity contribution in [2.75, 3.05) is 0 Å². The van der Waals surface area contributed by atoms with Gasteiger partial charge in [0.2, 0.25) is 0 Å². The monoisotopic (exact) mass is 129 g/mol. The van der Waals surface area contributed by atoms with Gasteiger partial charge in [0.1, 0.15) is 6.10 Å². The summed E-state index contributed by atoms with van der Waals surface area (Å²) in [6.45, 7) is 0.